The van der Waals surface area contributed by atoms with Crippen molar-refractivity contribution in [3.63, 3.8) is 0 Å². The summed E-state index contributed by atoms with van der Waals surface area (Å²) < 4.78 is 0. The van der Waals surface area contributed by atoms with Gasteiger partial charge in [0, 0.05) is 13.6 Å². The standard InChI is InChI=1S/C14H16N4O2/c1-15-14(20)12-5-6-13(18-17-12)16-8-10-3-2-4-11(7-10)9-19/h2-7,19H,8-9H2,1H3,(H,15,20)(H,16,18). The molecule has 0 aliphatic carbocycles. The lowest BCUT2D eigenvalue weighted by Gasteiger charge is -2.06. The molecular formula is C14H16N4O2. The van der Waals surface area contributed by atoms with Crippen LogP contribution in [0.1, 0.15) is 21.6 Å². The van der Waals surface area contributed by atoms with Gasteiger partial charge in [-0.2, -0.15) is 0 Å². The lowest BCUT2D eigenvalue weighted by molar-refractivity contribution is 0.0957. The quantitative estimate of drug-likeness (QED) is 0.754. The van der Waals surface area contributed by atoms with Gasteiger partial charge in [0.05, 0.1) is 6.61 Å². The summed E-state index contributed by atoms with van der Waals surface area (Å²) in [5.41, 5.74) is 2.18. The maximum atomic E-state index is 11.3. The summed E-state index contributed by atoms with van der Waals surface area (Å²) in [7, 11) is 1.55. The molecule has 6 nitrogen and oxygen atoms in total. The Hall–Kier alpha value is -2.47. The van der Waals surface area contributed by atoms with Crippen molar-refractivity contribution in [2.45, 2.75) is 13.2 Å². The highest BCUT2D eigenvalue weighted by Crippen LogP contribution is 2.08. The molecule has 2 rings (SSSR count). The van der Waals surface area contributed by atoms with Crippen molar-refractivity contribution < 1.29 is 9.90 Å². The van der Waals surface area contributed by atoms with Crippen LogP contribution in [-0.2, 0) is 13.2 Å². The number of benzene rings is 1. The van der Waals surface area contributed by atoms with Crippen molar-refractivity contribution in [1.29, 1.82) is 0 Å². The molecule has 0 radical (unpaired) electrons. The number of amides is 1. The molecule has 0 saturated heterocycles. The molecule has 3 N–H and O–H groups in total. The van der Waals surface area contributed by atoms with Gasteiger partial charge in [-0.3, -0.25) is 4.79 Å². The van der Waals surface area contributed by atoms with Crippen LogP contribution in [0.15, 0.2) is 36.4 Å². The highest BCUT2D eigenvalue weighted by Gasteiger charge is 2.05. The van der Waals surface area contributed by atoms with Crippen LogP contribution in [-0.4, -0.2) is 28.3 Å². The molecule has 0 saturated carbocycles. The van der Waals surface area contributed by atoms with Gasteiger partial charge in [-0.15, -0.1) is 10.2 Å². The van der Waals surface area contributed by atoms with Gasteiger partial charge in [0.25, 0.3) is 5.91 Å². The van der Waals surface area contributed by atoms with Crippen LogP contribution in [0.25, 0.3) is 0 Å². The SMILES string of the molecule is CNC(=O)c1ccc(NCc2cccc(CO)c2)nn1. The Balaban J connectivity index is 1.98. The van der Waals surface area contributed by atoms with E-state index in [9.17, 15) is 4.79 Å². The lowest BCUT2D eigenvalue weighted by Crippen LogP contribution is -2.19. The van der Waals surface area contributed by atoms with Crippen LogP contribution >= 0.6 is 0 Å². The monoisotopic (exact) mass is 272 g/mol. The number of carbonyl (C=O) groups is 1. The fourth-order valence-corrected chi connectivity index (χ4v) is 1.71. The molecular weight excluding hydrogens is 256 g/mol. The summed E-state index contributed by atoms with van der Waals surface area (Å²) in [6, 6.07) is 10.9. The van der Waals surface area contributed by atoms with Gasteiger partial charge in [0.2, 0.25) is 0 Å². The van der Waals surface area contributed by atoms with Crippen molar-refractivity contribution in [3.05, 3.63) is 53.2 Å². The molecule has 0 unspecified atom stereocenters. The molecule has 1 heterocycles. The van der Waals surface area contributed by atoms with Crippen LogP contribution in [0, 0.1) is 0 Å². The normalized spacial score (nSPS) is 10.1. The predicted molar refractivity (Wildman–Crippen MR) is 75.1 cm³/mol. The van der Waals surface area contributed by atoms with E-state index in [1.54, 1.807) is 19.2 Å². The third-order valence-corrected chi connectivity index (χ3v) is 2.77. The van der Waals surface area contributed by atoms with Crippen LogP contribution < -0.4 is 10.6 Å². The molecule has 0 fully saturated rings. The second-order valence-electron chi connectivity index (χ2n) is 4.21. The summed E-state index contributed by atoms with van der Waals surface area (Å²) in [6.07, 6.45) is 0. The smallest absolute Gasteiger partial charge is 0.271 e. The maximum absolute atomic E-state index is 11.3. The fourth-order valence-electron chi connectivity index (χ4n) is 1.71. The summed E-state index contributed by atoms with van der Waals surface area (Å²) in [5.74, 6) is 0.326. The van der Waals surface area contributed by atoms with E-state index in [0.717, 1.165) is 11.1 Å². The van der Waals surface area contributed by atoms with Gasteiger partial charge in [0.1, 0.15) is 5.82 Å². The number of nitrogens with zero attached hydrogens (tertiary/aromatic N) is 2. The summed E-state index contributed by atoms with van der Waals surface area (Å²) in [4.78, 5) is 11.3. The zero-order valence-electron chi connectivity index (χ0n) is 11.1. The average molecular weight is 272 g/mol. The van der Waals surface area contributed by atoms with Crippen LogP contribution in [0.2, 0.25) is 0 Å². The molecule has 0 bridgehead atoms. The zero-order valence-corrected chi connectivity index (χ0v) is 11.1. The number of aromatic nitrogens is 2. The molecule has 1 amide bonds. The molecule has 2 aromatic rings. The Bertz CT molecular complexity index is 584. The number of anilines is 1. The van der Waals surface area contributed by atoms with Crippen molar-refractivity contribution in [1.82, 2.24) is 15.5 Å². The Morgan fingerprint density at radius 3 is 2.65 bits per heavy atom. The number of hydrogen-bond donors (Lipinski definition) is 3. The minimum Gasteiger partial charge on any atom is -0.392 e. The third kappa shape index (κ3) is 3.52. The average Bonchev–Trinajstić information content (AvgIpc) is 2.53. The molecule has 0 spiro atoms. The Morgan fingerprint density at radius 1 is 1.20 bits per heavy atom. The van der Waals surface area contributed by atoms with E-state index < -0.39 is 0 Å². The van der Waals surface area contributed by atoms with E-state index in [4.69, 9.17) is 5.11 Å². The molecule has 6 heteroatoms. The highest BCUT2D eigenvalue weighted by molar-refractivity contribution is 5.91. The van der Waals surface area contributed by atoms with Gasteiger partial charge in [-0.1, -0.05) is 24.3 Å². The van der Waals surface area contributed by atoms with E-state index in [0.29, 0.717) is 12.4 Å². The van der Waals surface area contributed by atoms with Crippen LogP contribution in [0.3, 0.4) is 0 Å². The number of aliphatic hydroxyl groups is 1. The second kappa shape index (κ2) is 6.63. The van der Waals surface area contributed by atoms with E-state index >= 15 is 0 Å². The molecule has 1 aromatic carbocycles. The number of aliphatic hydroxyl groups excluding tert-OH is 1. The maximum Gasteiger partial charge on any atom is 0.271 e. The number of nitrogens with one attached hydrogen (secondary N) is 2. The topological polar surface area (TPSA) is 87.1 Å². The molecule has 20 heavy (non-hydrogen) atoms. The van der Waals surface area contributed by atoms with Crippen molar-refractivity contribution in [3.8, 4) is 0 Å². The number of rotatable bonds is 5. The Labute approximate surface area is 116 Å². The zero-order chi connectivity index (χ0) is 14.4. The first-order valence-corrected chi connectivity index (χ1v) is 6.21. The van der Waals surface area contributed by atoms with Crippen LogP contribution in [0.5, 0.6) is 0 Å². The van der Waals surface area contributed by atoms with E-state index in [-0.39, 0.29) is 18.2 Å². The summed E-state index contributed by atoms with van der Waals surface area (Å²) in [6.45, 7) is 0.594. The third-order valence-electron chi connectivity index (χ3n) is 2.77. The largest absolute Gasteiger partial charge is 0.392 e. The number of hydrogen-bond acceptors (Lipinski definition) is 5. The van der Waals surface area contributed by atoms with Gasteiger partial charge < -0.3 is 15.7 Å². The number of carbonyl (C=O) groups excluding carboxylic acids is 1. The molecule has 0 aliphatic heterocycles. The molecule has 1 aromatic heterocycles. The van der Waals surface area contributed by atoms with Gasteiger partial charge in [-0.25, -0.2) is 0 Å². The molecule has 104 valence electrons. The second-order valence-corrected chi connectivity index (χ2v) is 4.21. The van der Waals surface area contributed by atoms with Crippen LogP contribution in [0.4, 0.5) is 5.82 Å². The lowest BCUT2D eigenvalue weighted by atomic mass is 10.1. The van der Waals surface area contributed by atoms with E-state index in [1.807, 2.05) is 24.3 Å². The minimum absolute atomic E-state index is 0.0223. The molecule has 0 atom stereocenters. The first-order valence-electron chi connectivity index (χ1n) is 6.21. The fraction of sp³-hybridized carbons (Fsp3) is 0.214. The first-order chi connectivity index (χ1) is 9.72. The Kier molecular flexibility index (Phi) is 4.62. The van der Waals surface area contributed by atoms with Gasteiger partial charge >= 0.3 is 0 Å². The summed E-state index contributed by atoms with van der Waals surface area (Å²) in [5, 5.41) is 22.4. The van der Waals surface area contributed by atoms with Crippen molar-refractivity contribution in [2.75, 3.05) is 12.4 Å². The van der Waals surface area contributed by atoms with Gasteiger partial charge in [-0.05, 0) is 23.3 Å². The highest BCUT2D eigenvalue weighted by atomic mass is 16.3. The minimum atomic E-state index is -0.264. The van der Waals surface area contributed by atoms with Crippen molar-refractivity contribution in [2.24, 2.45) is 0 Å². The molecule has 0 aliphatic rings. The predicted octanol–water partition coefficient (Wildman–Crippen LogP) is 0.941. The summed E-state index contributed by atoms with van der Waals surface area (Å²) >= 11 is 0. The van der Waals surface area contributed by atoms with Gasteiger partial charge in [0.15, 0.2) is 5.69 Å². The van der Waals surface area contributed by atoms with Crippen molar-refractivity contribution >= 4 is 11.7 Å². The first kappa shape index (κ1) is 14.0. The van der Waals surface area contributed by atoms with E-state index in [1.165, 1.54) is 0 Å². The van der Waals surface area contributed by atoms with E-state index in [2.05, 4.69) is 20.8 Å². The Morgan fingerprint density at radius 2 is 2.00 bits per heavy atom.